The van der Waals surface area contributed by atoms with Crippen molar-refractivity contribution in [1.82, 2.24) is 0 Å². The second kappa shape index (κ2) is 8.36. The molecule has 0 aromatic carbocycles. The topological polar surface area (TPSA) is 78.5 Å². The van der Waals surface area contributed by atoms with Crippen LogP contribution in [-0.4, -0.2) is 49.4 Å². The molecule has 1 heterocycles. The number of Topliss-reactive ketones (excluding diaryl/α,β-unsaturated/α-hetero) is 1. The van der Waals surface area contributed by atoms with Gasteiger partial charge in [0, 0.05) is 18.9 Å². The minimum atomic E-state index is -0.824. The van der Waals surface area contributed by atoms with Gasteiger partial charge >= 0.3 is 0 Å². The normalized spacial score (nSPS) is 37.7. The van der Waals surface area contributed by atoms with Crippen molar-refractivity contribution in [2.24, 2.45) is 11.8 Å². The molecule has 1 saturated carbocycles. The lowest BCUT2D eigenvalue weighted by Crippen LogP contribution is -3.14. The van der Waals surface area contributed by atoms with E-state index in [1.54, 1.807) is 0 Å². The van der Waals surface area contributed by atoms with Gasteiger partial charge in [-0.2, -0.15) is 0 Å². The van der Waals surface area contributed by atoms with Crippen LogP contribution in [0.3, 0.4) is 0 Å². The van der Waals surface area contributed by atoms with Crippen molar-refractivity contribution >= 4 is 5.78 Å². The van der Waals surface area contributed by atoms with Gasteiger partial charge < -0.3 is 14.8 Å². The molecule has 0 radical (unpaired) electrons. The number of rotatable bonds is 6. The highest BCUT2D eigenvalue weighted by Gasteiger charge is 2.39. The molecule has 1 aliphatic heterocycles. The third-order valence-electron chi connectivity index (χ3n) is 5.35. The number of ketones is 1. The lowest BCUT2D eigenvalue weighted by molar-refractivity contribution is -1.07. The van der Waals surface area contributed by atoms with Crippen LogP contribution in [0.1, 0.15) is 46.0 Å². The van der Waals surface area contributed by atoms with Gasteiger partial charge in [0.05, 0.1) is 13.1 Å². The molecule has 4 atom stereocenters. The number of carbonyl (C=O) groups excluding carboxylic acids is 1. The molecular weight excluding hydrogens is 284 g/mol. The molecule has 6 heteroatoms. The molecule has 22 heavy (non-hydrogen) atoms. The second-order valence-electron chi connectivity index (χ2n) is 7.02. The number of hydrogen-bond acceptors (Lipinski definition) is 4. The van der Waals surface area contributed by atoms with Crippen LogP contribution in [0.25, 0.3) is 0 Å². The summed E-state index contributed by atoms with van der Waals surface area (Å²) in [6, 6.07) is -0.529. The SMILES string of the molecule is CCOC1CCC(C(=O)C[NH+]2CCC(C)CC2)CC1[NH+]([O-])O. The second-order valence-corrected chi connectivity index (χ2v) is 7.02. The van der Waals surface area contributed by atoms with Crippen molar-refractivity contribution in [1.29, 1.82) is 0 Å². The van der Waals surface area contributed by atoms with Crippen molar-refractivity contribution in [2.75, 3.05) is 26.2 Å². The van der Waals surface area contributed by atoms with Crippen molar-refractivity contribution in [2.45, 2.75) is 58.1 Å². The number of quaternary nitrogens is 2. The smallest absolute Gasteiger partial charge is 0.190 e. The molecular formula is C16H31N2O4+. The molecule has 1 saturated heterocycles. The Hall–Kier alpha value is -0.530. The Bertz CT molecular complexity index is 356. The van der Waals surface area contributed by atoms with Gasteiger partial charge in [-0.3, -0.25) is 4.79 Å². The van der Waals surface area contributed by atoms with E-state index in [9.17, 15) is 15.2 Å². The summed E-state index contributed by atoms with van der Waals surface area (Å²) in [6.45, 7) is 7.40. The Labute approximate surface area is 132 Å². The molecule has 0 aromatic heterocycles. The third kappa shape index (κ3) is 4.73. The van der Waals surface area contributed by atoms with Gasteiger partial charge in [-0.25, -0.2) is 10.4 Å². The van der Waals surface area contributed by atoms with Crippen LogP contribution in [0.2, 0.25) is 0 Å². The van der Waals surface area contributed by atoms with Gasteiger partial charge in [0.1, 0.15) is 18.7 Å². The lowest BCUT2D eigenvalue weighted by atomic mass is 9.81. The van der Waals surface area contributed by atoms with Crippen LogP contribution in [-0.2, 0) is 9.53 Å². The zero-order chi connectivity index (χ0) is 16.1. The molecule has 4 unspecified atom stereocenters. The van der Waals surface area contributed by atoms with Gasteiger partial charge in [0.25, 0.3) is 0 Å². The minimum absolute atomic E-state index is 0.0929. The van der Waals surface area contributed by atoms with Crippen LogP contribution >= 0.6 is 0 Å². The van der Waals surface area contributed by atoms with Gasteiger partial charge in [0.15, 0.2) is 5.78 Å². The largest absolute Gasteiger partial charge is 0.600 e. The molecule has 2 rings (SSSR count). The van der Waals surface area contributed by atoms with Crippen molar-refractivity contribution in [3.05, 3.63) is 5.21 Å². The summed E-state index contributed by atoms with van der Waals surface area (Å²) in [6.07, 6.45) is 4.07. The first kappa shape index (κ1) is 17.8. The highest BCUT2D eigenvalue weighted by molar-refractivity contribution is 5.82. The molecule has 0 spiro atoms. The van der Waals surface area contributed by atoms with Crippen LogP contribution in [0.4, 0.5) is 0 Å². The first-order valence-electron chi connectivity index (χ1n) is 8.72. The van der Waals surface area contributed by atoms with Crippen LogP contribution < -0.4 is 10.1 Å². The van der Waals surface area contributed by atoms with E-state index in [2.05, 4.69) is 6.92 Å². The number of likely N-dealkylation sites (tertiary alicyclic amines) is 1. The Morgan fingerprint density at radius 1 is 1.32 bits per heavy atom. The number of piperidine rings is 1. The molecule has 2 fully saturated rings. The zero-order valence-corrected chi connectivity index (χ0v) is 13.8. The molecule has 0 aromatic rings. The predicted molar refractivity (Wildman–Crippen MR) is 81.6 cm³/mol. The van der Waals surface area contributed by atoms with Crippen LogP contribution in [0.5, 0.6) is 0 Å². The van der Waals surface area contributed by atoms with E-state index >= 15 is 0 Å². The Morgan fingerprint density at radius 3 is 2.59 bits per heavy atom. The fourth-order valence-electron chi connectivity index (χ4n) is 3.85. The third-order valence-corrected chi connectivity index (χ3v) is 5.35. The van der Waals surface area contributed by atoms with E-state index < -0.39 is 11.3 Å². The average molecular weight is 315 g/mol. The highest BCUT2D eigenvalue weighted by atomic mass is 16.8. The lowest BCUT2D eigenvalue weighted by Gasteiger charge is -2.37. The summed E-state index contributed by atoms with van der Waals surface area (Å²) in [5, 5.41) is 20.0. The molecule has 0 bridgehead atoms. The van der Waals surface area contributed by atoms with E-state index in [-0.39, 0.29) is 17.8 Å². The summed E-state index contributed by atoms with van der Waals surface area (Å²) in [4.78, 5) is 13.9. The van der Waals surface area contributed by atoms with Gasteiger partial charge in [-0.15, -0.1) is 0 Å². The van der Waals surface area contributed by atoms with Crippen LogP contribution in [0, 0.1) is 17.0 Å². The van der Waals surface area contributed by atoms with Gasteiger partial charge in [-0.1, -0.05) is 6.92 Å². The van der Waals surface area contributed by atoms with E-state index in [0.29, 0.717) is 26.0 Å². The number of ether oxygens (including phenoxy) is 1. The summed E-state index contributed by atoms with van der Waals surface area (Å²) in [5.74, 6) is 0.937. The molecule has 128 valence electrons. The fraction of sp³-hybridized carbons (Fsp3) is 0.938. The van der Waals surface area contributed by atoms with E-state index in [1.807, 2.05) is 6.92 Å². The zero-order valence-electron chi connectivity index (χ0n) is 13.8. The molecule has 6 nitrogen and oxygen atoms in total. The average Bonchev–Trinajstić information content (AvgIpc) is 2.50. The minimum Gasteiger partial charge on any atom is -0.600 e. The predicted octanol–water partition coefficient (Wildman–Crippen LogP) is -0.784. The Balaban J connectivity index is 1.85. The standard InChI is InChI=1S/C16H30N2O4/c1-3-22-16-5-4-13(10-14(16)18(20)21)15(19)11-17-8-6-12(2)7-9-17/h12-14,16,18,20H,3-11H2,1-2H3/p+1. The maximum Gasteiger partial charge on any atom is 0.190 e. The summed E-state index contributed by atoms with van der Waals surface area (Å²) in [5.41, 5.74) is 0. The van der Waals surface area contributed by atoms with Crippen molar-refractivity contribution in [3.63, 3.8) is 0 Å². The van der Waals surface area contributed by atoms with Crippen LogP contribution in [0.15, 0.2) is 0 Å². The number of hydroxylamine groups is 2. The fourth-order valence-corrected chi connectivity index (χ4v) is 3.85. The Kier molecular flexibility index (Phi) is 6.77. The van der Waals surface area contributed by atoms with Gasteiger partial charge in [0.2, 0.25) is 0 Å². The van der Waals surface area contributed by atoms with Crippen molar-refractivity contribution < 1.29 is 24.9 Å². The molecule has 2 aliphatic rings. The van der Waals surface area contributed by atoms with Crippen molar-refractivity contribution in [3.8, 4) is 0 Å². The number of nitrogens with one attached hydrogen (secondary N) is 2. The van der Waals surface area contributed by atoms with Gasteiger partial charge in [-0.05, 0) is 38.5 Å². The number of hydrogen-bond donors (Lipinski definition) is 3. The monoisotopic (exact) mass is 315 g/mol. The summed E-state index contributed by atoms with van der Waals surface area (Å²) >= 11 is 0. The first-order valence-corrected chi connectivity index (χ1v) is 8.72. The van der Waals surface area contributed by atoms with E-state index in [0.717, 1.165) is 25.4 Å². The first-order chi connectivity index (χ1) is 10.5. The Morgan fingerprint density at radius 2 is 2.00 bits per heavy atom. The summed E-state index contributed by atoms with van der Waals surface area (Å²) < 4.78 is 5.55. The molecule has 3 N–H and O–H groups in total. The number of carbonyl (C=O) groups is 1. The quantitative estimate of drug-likeness (QED) is 0.562. The maximum atomic E-state index is 12.5. The summed E-state index contributed by atoms with van der Waals surface area (Å²) in [7, 11) is 0. The maximum absolute atomic E-state index is 12.5. The molecule has 0 amide bonds. The van der Waals surface area contributed by atoms with E-state index in [4.69, 9.17) is 4.74 Å². The molecule has 1 aliphatic carbocycles. The highest BCUT2D eigenvalue weighted by Crippen LogP contribution is 2.26. The van der Waals surface area contributed by atoms with E-state index in [1.165, 1.54) is 17.7 Å².